The van der Waals surface area contributed by atoms with Crippen molar-refractivity contribution in [1.29, 1.82) is 0 Å². The Bertz CT molecular complexity index is 497. The maximum atomic E-state index is 5.95. The van der Waals surface area contributed by atoms with Crippen LogP contribution in [0.5, 0.6) is 0 Å². The lowest BCUT2D eigenvalue weighted by molar-refractivity contribution is 0.812. The number of nitrogens with zero attached hydrogens (tertiary/aromatic N) is 3. The summed E-state index contributed by atoms with van der Waals surface area (Å²) in [4.78, 5) is 8.24. The number of hydrogen-bond acceptors (Lipinski definition) is 3. The normalized spacial score (nSPS) is 10.4. The van der Waals surface area contributed by atoms with Gasteiger partial charge in [-0.15, -0.1) is 0 Å². The number of hydrogen-bond donors (Lipinski definition) is 1. The third-order valence-electron chi connectivity index (χ3n) is 2.16. The molecule has 0 atom stereocenters. The van der Waals surface area contributed by atoms with Crippen LogP contribution in [0.4, 0.5) is 5.69 Å². The Hall–Kier alpha value is -1.07. The molecule has 2 heterocycles. The molecule has 0 aliphatic heterocycles. The van der Waals surface area contributed by atoms with E-state index in [0.717, 1.165) is 16.0 Å². The summed E-state index contributed by atoms with van der Waals surface area (Å²) in [5, 5.41) is 3.65. The lowest BCUT2D eigenvalue weighted by Crippen LogP contribution is -2.06. The summed E-state index contributed by atoms with van der Waals surface area (Å²) in [6, 6.07) is 1.89. The number of halogens is 2. The van der Waals surface area contributed by atoms with Crippen molar-refractivity contribution >= 4 is 33.2 Å². The van der Waals surface area contributed by atoms with E-state index < -0.39 is 0 Å². The Morgan fingerprint density at radius 2 is 2.31 bits per heavy atom. The zero-order chi connectivity index (χ0) is 11.5. The highest BCUT2D eigenvalue weighted by atomic mass is 79.9. The highest BCUT2D eigenvalue weighted by Gasteiger charge is 2.04. The van der Waals surface area contributed by atoms with Gasteiger partial charge in [-0.3, -0.25) is 0 Å². The molecule has 6 heteroatoms. The van der Waals surface area contributed by atoms with Crippen molar-refractivity contribution in [3.8, 4) is 0 Å². The molecular weight excluding hydrogens is 291 g/mol. The number of nitrogens with one attached hydrogen (secondary N) is 1. The molecule has 2 rings (SSSR count). The third-order valence-corrected chi connectivity index (χ3v) is 2.90. The van der Waals surface area contributed by atoms with Crippen molar-refractivity contribution in [2.75, 3.05) is 5.32 Å². The van der Waals surface area contributed by atoms with E-state index in [9.17, 15) is 0 Å². The molecule has 4 nitrogen and oxygen atoms in total. The van der Waals surface area contributed by atoms with Gasteiger partial charge in [-0.05, 0) is 22.0 Å². The molecule has 0 aliphatic carbocycles. The lowest BCUT2D eigenvalue weighted by Gasteiger charge is -2.07. The van der Waals surface area contributed by atoms with E-state index in [4.69, 9.17) is 11.6 Å². The molecule has 0 aromatic carbocycles. The fourth-order valence-corrected chi connectivity index (χ4v) is 1.79. The van der Waals surface area contributed by atoms with Gasteiger partial charge in [-0.25, -0.2) is 9.97 Å². The second-order valence-corrected chi connectivity index (χ2v) is 4.57. The SMILES string of the molecule is Cn1ccnc1CNc1cc(Br)cnc1Cl. The molecule has 0 spiro atoms. The molecule has 0 saturated heterocycles. The first-order valence-electron chi connectivity index (χ1n) is 4.68. The zero-order valence-corrected chi connectivity index (χ0v) is 11.0. The molecule has 0 bridgehead atoms. The lowest BCUT2D eigenvalue weighted by atomic mass is 10.4. The standard InChI is InChI=1S/C10H10BrClN4/c1-16-3-2-13-9(16)6-14-8-4-7(11)5-15-10(8)12/h2-5,14H,6H2,1H3. The van der Waals surface area contributed by atoms with Gasteiger partial charge in [0.1, 0.15) is 5.82 Å². The molecule has 0 unspecified atom stereocenters. The summed E-state index contributed by atoms with van der Waals surface area (Å²) in [5.74, 6) is 0.941. The van der Waals surface area contributed by atoms with Crippen molar-refractivity contribution in [2.24, 2.45) is 7.05 Å². The number of imidazole rings is 1. The van der Waals surface area contributed by atoms with E-state index in [-0.39, 0.29) is 0 Å². The van der Waals surface area contributed by atoms with Crippen LogP contribution in [-0.2, 0) is 13.6 Å². The van der Waals surface area contributed by atoms with Crippen LogP contribution in [0.3, 0.4) is 0 Å². The maximum absolute atomic E-state index is 5.95. The molecule has 2 aromatic rings. The second-order valence-electron chi connectivity index (χ2n) is 3.30. The largest absolute Gasteiger partial charge is 0.375 e. The molecule has 0 radical (unpaired) electrons. The summed E-state index contributed by atoms with van der Waals surface area (Å²) < 4.78 is 2.84. The predicted octanol–water partition coefficient (Wildman–Crippen LogP) is 2.84. The quantitative estimate of drug-likeness (QED) is 0.887. The van der Waals surface area contributed by atoms with Crippen molar-refractivity contribution in [1.82, 2.24) is 14.5 Å². The van der Waals surface area contributed by atoms with Crippen LogP contribution in [-0.4, -0.2) is 14.5 Å². The molecule has 84 valence electrons. The molecule has 0 aliphatic rings. The van der Waals surface area contributed by atoms with Gasteiger partial charge in [0, 0.05) is 30.1 Å². The monoisotopic (exact) mass is 300 g/mol. The minimum absolute atomic E-state index is 0.456. The zero-order valence-electron chi connectivity index (χ0n) is 8.61. The van der Waals surface area contributed by atoms with E-state index in [1.54, 1.807) is 12.4 Å². The van der Waals surface area contributed by atoms with Crippen molar-refractivity contribution < 1.29 is 0 Å². The van der Waals surface area contributed by atoms with Gasteiger partial charge < -0.3 is 9.88 Å². The Morgan fingerprint density at radius 1 is 1.50 bits per heavy atom. The fraction of sp³-hybridized carbons (Fsp3) is 0.200. The van der Waals surface area contributed by atoms with E-state index >= 15 is 0 Å². The van der Waals surface area contributed by atoms with E-state index in [1.165, 1.54) is 0 Å². The summed E-state index contributed by atoms with van der Waals surface area (Å²) in [7, 11) is 1.95. The Morgan fingerprint density at radius 3 is 3.00 bits per heavy atom. The number of rotatable bonds is 3. The molecule has 0 amide bonds. The van der Waals surface area contributed by atoms with E-state index in [1.807, 2.05) is 23.9 Å². The molecule has 2 aromatic heterocycles. The summed E-state index contributed by atoms with van der Waals surface area (Å²) in [6.07, 6.45) is 5.32. The number of aromatic nitrogens is 3. The molecule has 0 fully saturated rings. The van der Waals surface area contributed by atoms with Crippen LogP contribution in [0.1, 0.15) is 5.82 Å². The topological polar surface area (TPSA) is 42.7 Å². The number of pyridine rings is 1. The number of anilines is 1. The average molecular weight is 302 g/mol. The summed E-state index contributed by atoms with van der Waals surface area (Å²) in [5.41, 5.74) is 0.791. The first-order valence-corrected chi connectivity index (χ1v) is 5.85. The van der Waals surface area contributed by atoms with Gasteiger partial charge in [0.15, 0.2) is 5.15 Å². The molecular formula is C10H10BrClN4. The van der Waals surface area contributed by atoms with E-state index in [0.29, 0.717) is 11.7 Å². The van der Waals surface area contributed by atoms with Gasteiger partial charge in [0.05, 0.1) is 12.2 Å². The first-order chi connectivity index (χ1) is 7.66. The average Bonchev–Trinajstić information content (AvgIpc) is 2.66. The Kier molecular flexibility index (Phi) is 3.46. The number of aryl methyl sites for hydroxylation is 1. The molecule has 1 N–H and O–H groups in total. The van der Waals surface area contributed by atoms with Gasteiger partial charge >= 0.3 is 0 Å². The minimum Gasteiger partial charge on any atom is -0.375 e. The van der Waals surface area contributed by atoms with Gasteiger partial charge in [-0.2, -0.15) is 0 Å². The highest BCUT2D eigenvalue weighted by molar-refractivity contribution is 9.10. The third kappa shape index (κ3) is 2.54. The minimum atomic E-state index is 0.456. The van der Waals surface area contributed by atoms with Crippen LogP contribution >= 0.6 is 27.5 Å². The highest BCUT2D eigenvalue weighted by Crippen LogP contribution is 2.23. The van der Waals surface area contributed by atoms with Crippen molar-refractivity contribution in [3.63, 3.8) is 0 Å². The van der Waals surface area contributed by atoms with Gasteiger partial charge in [-0.1, -0.05) is 11.6 Å². The Labute approximate surface area is 107 Å². The smallest absolute Gasteiger partial charge is 0.152 e. The van der Waals surface area contributed by atoms with Crippen LogP contribution in [0.15, 0.2) is 29.1 Å². The maximum Gasteiger partial charge on any atom is 0.152 e. The molecule has 16 heavy (non-hydrogen) atoms. The summed E-state index contributed by atoms with van der Waals surface area (Å²) >= 11 is 9.30. The van der Waals surface area contributed by atoms with Gasteiger partial charge in [0.25, 0.3) is 0 Å². The summed E-state index contributed by atoms with van der Waals surface area (Å²) in [6.45, 7) is 0.612. The van der Waals surface area contributed by atoms with Crippen molar-refractivity contribution in [3.05, 3.63) is 40.1 Å². The first kappa shape index (κ1) is 11.4. The molecule has 0 saturated carbocycles. The van der Waals surface area contributed by atoms with Crippen LogP contribution in [0.25, 0.3) is 0 Å². The van der Waals surface area contributed by atoms with Crippen LogP contribution in [0, 0.1) is 0 Å². The Balaban J connectivity index is 2.10. The van der Waals surface area contributed by atoms with E-state index in [2.05, 4.69) is 31.2 Å². The van der Waals surface area contributed by atoms with Crippen LogP contribution < -0.4 is 5.32 Å². The predicted molar refractivity (Wildman–Crippen MR) is 67.5 cm³/mol. The van der Waals surface area contributed by atoms with Crippen molar-refractivity contribution in [2.45, 2.75) is 6.54 Å². The van der Waals surface area contributed by atoms with Gasteiger partial charge in [0.2, 0.25) is 0 Å². The fourth-order valence-electron chi connectivity index (χ4n) is 1.29. The second kappa shape index (κ2) is 4.84. The van der Waals surface area contributed by atoms with Crippen LogP contribution in [0.2, 0.25) is 5.15 Å².